The molecule has 1 aliphatic heterocycles. The topological polar surface area (TPSA) is 21.3 Å². The number of rotatable bonds is 1. The van der Waals surface area contributed by atoms with Crippen molar-refractivity contribution in [3.8, 4) is 5.75 Å². The Morgan fingerprint density at radius 2 is 1.81 bits per heavy atom. The van der Waals surface area contributed by atoms with Crippen molar-refractivity contribution in [3.63, 3.8) is 0 Å². The number of nitrogens with one attached hydrogen (secondary N) is 1. The van der Waals surface area contributed by atoms with Gasteiger partial charge in [-0.1, -0.05) is 29.3 Å². The molecule has 1 heterocycles. The lowest BCUT2D eigenvalue weighted by atomic mass is 9.95. The highest BCUT2D eigenvalue weighted by Gasteiger charge is 2.25. The summed E-state index contributed by atoms with van der Waals surface area (Å²) in [6, 6.07) is 7.19. The van der Waals surface area contributed by atoms with Crippen LogP contribution in [0.25, 0.3) is 0 Å². The summed E-state index contributed by atoms with van der Waals surface area (Å²) in [5, 5.41) is 3.37. The Morgan fingerprint density at radius 1 is 1.14 bits per heavy atom. The molecule has 0 radical (unpaired) electrons. The number of fused-ring (bicyclic) bond motifs is 1. The number of hydrogen-bond acceptors (Lipinski definition) is 2. The molecular formula is C17H17ClFNO. The normalized spacial score (nSPS) is 16.9. The second kappa shape index (κ2) is 5.23. The maximum Gasteiger partial charge on any atom is 0.146 e. The molecule has 0 saturated heterocycles. The summed E-state index contributed by atoms with van der Waals surface area (Å²) >= 11 is 5.80. The Bertz CT molecular complexity index is 691. The third-order valence-corrected chi connectivity index (χ3v) is 4.12. The van der Waals surface area contributed by atoms with Crippen molar-refractivity contribution in [3.05, 3.63) is 57.4 Å². The molecular weight excluding hydrogens is 289 g/mol. The van der Waals surface area contributed by atoms with E-state index in [1.165, 1.54) is 22.8 Å². The Kier molecular flexibility index (Phi) is 3.54. The first-order valence-corrected chi connectivity index (χ1v) is 7.31. The lowest BCUT2D eigenvalue weighted by Crippen LogP contribution is -2.25. The monoisotopic (exact) mass is 305 g/mol. The standard InChI is InChI=1S/C17H17ClFNO/c1-9-4-10(2)17(11(3)5-9)16-8-20-14-6-12(18)13(19)7-15(14)21-16/h4-7,16,20H,8H2,1-3H3. The summed E-state index contributed by atoms with van der Waals surface area (Å²) in [5.74, 6) is 0.0442. The number of ether oxygens (including phenoxy) is 1. The zero-order valence-electron chi connectivity index (χ0n) is 12.3. The largest absolute Gasteiger partial charge is 0.482 e. The van der Waals surface area contributed by atoms with Crippen molar-refractivity contribution >= 4 is 17.3 Å². The molecule has 0 fully saturated rings. The molecule has 0 spiro atoms. The van der Waals surface area contributed by atoms with Crippen molar-refractivity contribution in [1.82, 2.24) is 0 Å². The van der Waals surface area contributed by atoms with Crippen LogP contribution in [0.15, 0.2) is 24.3 Å². The third kappa shape index (κ3) is 2.58. The Hall–Kier alpha value is -1.74. The second-order valence-electron chi connectivity index (χ2n) is 5.56. The van der Waals surface area contributed by atoms with Gasteiger partial charge in [-0.3, -0.25) is 0 Å². The van der Waals surface area contributed by atoms with Gasteiger partial charge in [-0.05, 0) is 43.5 Å². The minimum absolute atomic E-state index is 0.103. The lowest BCUT2D eigenvalue weighted by Gasteiger charge is -2.30. The highest BCUT2D eigenvalue weighted by atomic mass is 35.5. The van der Waals surface area contributed by atoms with E-state index in [0.717, 1.165) is 11.3 Å². The molecule has 0 aliphatic carbocycles. The molecule has 2 aromatic rings. The Morgan fingerprint density at radius 3 is 2.48 bits per heavy atom. The van der Waals surface area contributed by atoms with E-state index in [9.17, 15) is 4.39 Å². The van der Waals surface area contributed by atoms with Gasteiger partial charge in [-0.2, -0.15) is 0 Å². The smallest absolute Gasteiger partial charge is 0.146 e. The predicted molar refractivity (Wildman–Crippen MR) is 83.9 cm³/mol. The minimum Gasteiger partial charge on any atom is -0.482 e. The highest BCUT2D eigenvalue weighted by Crippen LogP contribution is 2.38. The van der Waals surface area contributed by atoms with Crippen molar-refractivity contribution in [2.45, 2.75) is 26.9 Å². The van der Waals surface area contributed by atoms with Crippen LogP contribution >= 0.6 is 11.6 Å². The summed E-state index contributed by atoms with van der Waals surface area (Å²) in [4.78, 5) is 0. The number of benzene rings is 2. The summed E-state index contributed by atoms with van der Waals surface area (Å²) in [7, 11) is 0. The van der Waals surface area contributed by atoms with Crippen LogP contribution in [0.2, 0.25) is 5.02 Å². The van der Waals surface area contributed by atoms with Crippen LogP contribution in [-0.2, 0) is 0 Å². The van der Waals surface area contributed by atoms with E-state index in [1.54, 1.807) is 6.07 Å². The van der Waals surface area contributed by atoms with Gasteiger partial charge >= 0.3 is 0 Å². The molecule has 110 valence electrons. The Labute approximate surface area is 128 Å². The van der Waals surface area contributed by atoms with Crippen molar-refractivity contribution in [2.75, 3.05) is 11.9 Å². The SMILES string of the molecule is Cc1cc(C)c(C2CNc3cc(Cl)c(F)cc3O2)c(C)c1. The molecule has 21 heavy (non-hydrogen) atoms. The molecule has 3 rings (SSSR count). The van der Waals surface area contributed by atoms with Crippen molar-refractivity contribution in [2.24, 2.45) is 0 Å². The maximum absolute atomic E-state index is 13.6. The van der Waals surface area contributed by atoms with E-state index < -0.39 is 5.82 Å². The average Bonchev–Trinajstić information content (AvgIpc) is 2.39. The van der Waals surface area contributed by atoms with E-state index in [2.05, 4.69) is 38.2 Å². The summed E-state index contributed by atoms with van der Waals surface area (Å²) in [5.41, 5.74) is 5.51. The van der Waals surface area contributed by atoms with Crippen LogP contribution in [0.4, 0.5) is 10.1 Å². The molecule has 1 unspecified atom stereocenters. The van der Waals surface area contributed by atoms with Crippen LogP contribution < -0.4 is 10.1 Å². The fourth-order valence-electron chi connectivity index (χ4n) is 3.02. The van der Waals surface area contributed by atoms with Crippen LogP contribution in [-0.4, -0.2) is 6.54 Å². The van der Waals surface area contributed by atoms with Gasteiger partial charge in [-0.15, -0.1) is 0 Å². The zero-order chi connectivity index (χ0) is 15.1. The average molecular weight is 306 g/mol. The molecule has 1 N–H and O–H groups in total. The van der Waals surface area contributed by atoms with E-state index in [1.807, 2.05) is 0 Å². The molecule has 1 atom stereocenters. The molecule has 2 nitrogen and oxygen atoms in total. The minimum atomic E-state index is -0.463. The first-order valence-electron chi connectivity index (χ1n) is 6.93. The number of anilines is 1. The zero-order valence-corrected chi connectivity index (χ0v) is 13.0. The molecule has 0 aromatic heterocycles. The lowest BCUT2D eigenvalue weighted by molar-refractivity contribution is 0.208. The first-order chi connectivity index (χ1) is 9.95. The highest BCUT2D eigenvalue weighted by molar-refractivity contribution is 6.31. The first kappa shape index (κ1) is 14.2. The van der Waals surface area contributed by atoms with Crippen molar-refractivity contribution in [1.29, 1.82) is 0 Å². The quantitative estimate of drug-likeness (QED) is 0.805. The van der Waals surface area contributed by atoms with E-state index >= 15 is 0 Å². The van der Waals surface area contributed by atoms with E-state index in [4.69, 9.17) is 16.3 Å². The van der Waals surface area contributed by atoms with Gasteiger partial charge in [0.25, 0.3) is 0 Å². The fraction of sp³-hybridized carbons (Fsp3) is 0.294. The van der Waals surface area contributed by atoms with Gasteiger partial charge in [0.2, 0.25) is 0 Å². The van der Waals surface area contributed by atoms with E-state index in [0.29, 0.717) is 12.3 Å². The van der Waals surface area contributed by atoms with Crippen LogP contribution in [0, 0.1) is 26.6 Å². The number of hydrogen-bond donors (Lipinski definition) is 1. The second-order valence-corrected chi connectivity index (χ2v) is 5.97. The molecule has 1 aliphatic rings. The summed E-state index contributed by atoms with van der Waals surface area (Å²) in [6.45, 7) is 6.88. The van der Waals surface area contributed by atoms with Gasteiger partial charge < -0.3 is 10.1 Å². The number of aryl methyl sites for hydroxylation is 3. The van der Waals surface area contributed by atoms with Crippen molar-refractivity contribution < 1.29 is 9.13 Å². The van der Waals surface area contributed by atoms with Gasteiger partial charge in [0.1, 0.15) is 17.7 Å². The van der Waals surface area contributed by atoms with Crippen LogP contribution in [0.1, 0.15) is 28.4 Å². The van der Waals surface area contributed by atoms with Gasteiger partial charge in [0.05, 0.1) is 17.3 Å². The third-order valence-electron chi connectivity index (χ3n) is 3.83. The molecule has 4 heteroatoms. The maximum atomic E-state index is 13.6. The van der Waals surface area contributed by atoms with Gasteiger partial charge in [-0.25, -0.2) is 4.39 Å². The van der Waals surface area contributed by atoms with Gasteiger partial charge in [0, 0.05) is 6.07 Å². The fourth-order valence-corrected chi connectivity index (χ4v) is 3.19. The van der Waals surface area contributed by atoms with Crippen LogP contribution in [0.3, 0.4) is 0 Å². The van der Waals surface area contributed by atoms with E-state index in [-0.39, 0.29) is 11.1 Å². The van der Waals surface area contributed by atoms with Gasteiger partial charge in [0.15, 0.2) is 0 Å². The molecule has 0 saturated carbocycles. The summed E-state index contributed by atoms with van der Waals surface area (Å²) in [6.07, 6.45) is -0.126. The predicted octanol–water partition coefficient (Wildman–Crippen LogP) is 4.95. The van der Waals surface area contributed by atoms with Crippen LogP contribution in [0.5, 0.6) is 5.75 Å². The molecule has 2 aromatic carbocycles. The summed E-state index contributed by atoms with van der Waals surface area (Å²) < 4.78 is 19.6. The molecule has 0 bridgehead atoms. The molecule has 0 amide bonds. The Balaban J connectivity index is 1.98. The number of halogens is 2.